The van der Waals surface area contributed by atoms with E-state index in [1.165, 1.54) is 0 Å². The van der Waals surface area contributed by atoms with Gasteiger partial charge in [0.25, 0.3) is 5.97 Å². The molecule has 0 rings (SSSR count). The molecule has 0 fully saturated rings. The maximum absolute atomic E-state index is 9.92. The van der Waals surface area contributed by atoms with Gasteiger partial charge >= 0.3 is 0 Å². The van der Waals surface area contributed by atoms with Crippen molar-refractivity contribution in [2.45, 2.75) is 19.8 Å². The third-order valence-corrected chi connectivity index (χ3v) is 0.618. The van der Waals surface area contributed by atoms with E-state index < -0.39 is 17.8 Å². The van der Waals surface area contributed by atoms with E-state index in [0.29, 0.717) is 0 Å². The number of nitrogens with two attached hydrogens (primary N) is 2. The molecule has 0 saturated heterocycles. The molecule has 7 heteroatoms. The van der Waals surface area contributed by atoms with Crippen LogP contribution in [-0.2, 0) is 14.4 Å². The Morgan fingerprint density at radius 2 is 1.23 bits per heavy atom. The monoisotopic (exact) mass is 193 g/mol. The van der Waals surface area contributed by atoms with Crippen LogP contribution in [0.1, 0.15) is 19.8 Å². The normalized spacial score (nSPS) is 7.15. The van der Waals surface area contributed by atoms with E-state index in [1.54, 1.807) is 0 Å². The van der Waals surface area contributed by atoms with Crippen LogP contribution in [0.15, 0.2) is 0 Å². The number of rotatable bonds is 3. The molecule has 7 nitrogen and oxygen atoms in total. The minimum atomic E-state index is -0.833. The van der Waals surface area contributed by atoms with Gasteiger partial charge in [0.1, 0.15) is 0 Å². The van der Waals surface area contributed by atoms with E-state index in [9.17, 15) is 9.59 Å². The minimum absolute atomic E-state index is 0. The molecular formula is C6H15N3O4. The van der Waals surface area contributed by atoms with Gasteiger partial charge in [0.2, 0.25) is 11.8 Å². The Balaban J connectivity index is -0.000000173. The van der Waals surface area contributed by atoms with Gasteiger partial charge in [-0.05, 0) is 0 Å². The molecule has 78 valence electrons. The summed E-state index contributed by atoms with van der Waals surface area (Å²) in [5, 5.41) is 7.42. The van der Waals surface area contributed by atoms with Crippen molar-refractivity contribution in [2.24, 2.45) is 11.5 Å². The molecule has 0 aromatic carbocycles. The molecule has 0 radical (unpaired) electrons. The Kier molecular flexibility index (Phi) is 13.9. The van der Waals surface area contributed by atoms with Crippen molar-refractivity contribution in [3.63, 3.8) is 0 Å². The van der Waals surface area contributed by atoms with Gasteiger partial charge in [-0.15, -0.1) is 0 Å². The van der Waals surface area contributed by atoms with Crippen LogP contribution in [-0.4, -0.2) is 22.9 Å². The fourth-order valence-corrected chi connectivity index (χ4v) is 0.246. The van der Waals surface area contributed by atoms with Crippen LogP contribution < -0.4 is 17.6 Å². The molecule has 0 aromatic rings. The lowest BCUT2D eigenvalue weighted by Gasteiger charge is -1.87. The molecule has 8 N–H and O–H groups in total. The van der Waals surface area contributed by atoms with Crippen molar-refractivity contribution in [1.29, 1.82) is 0 Å². The smallest absolute Gasteiger partial charge is 0.300 e. The summed E-state index contributed by atoms with van der Waals surface area (Å²) in [4.78, 5) is 28.8. The predicted octanol–water partition coefficient (Wildman–Crippen LogP) is -1.01. The molecule has 0 unspecified atom stereocenters. The van der Waals surface area contributed by atoms with Gasteiger partial charge in [-0.1, -0.05) is 0 Å². The molecule has 2 amide bonds. The summed E-state index contributed by atoms with van der Waals surface area (Å²) in [5.41, 5.74) is 9.39. The zero-order valence-electron chi connectivity index (χ0n) is 7.45. The predicted molar refractivity (Wildman–Crippen MR) is 46.0 cm³/mol. The molecule has 0 aromatic heterocycles. The molecule has 0 aliphatic carbocycles. The van der Waals surface area contributed by atoms with Crippen LogP contribution in [0.2, 0.25) is 0 Å². The second kappa shape index (κ2) is 10.4. The average molecular weight is 193 g/mol. The molecule has 0 aliphatic rings. The number of hydrogen-bond acceptors (Lipinski definition) is 4. The van der Waals surface area contributed by atoms with E-state index in [-0.39, 0.29) is 19.0 Å². The van der Waals surface area contributed by atoms with E-state index in [2.05, 4.69) is 0 Å². The van der Waals surface area contributed by atoms with Crippen molar-refractivity contribution >= 4 is 17.8 Å². The van der Waals surface area contributed by atoms with Crippen molar-refractivity contribution in [3.8, 4) is 0 Å². The first-order chi connectivity index (χ1) is 5.36. The minimum Gasteiger partial charge on any atom is -0.481 e. The van der Waals surface area contributed by atoms with Crippen LogP contribution in [0, 0.1) is 0 Å². The molecule has 0 saturated carbocycles. The topological polar surface area (TPSA) is 158 Å². The van der Waals surface area contributed by atoms with Crippen molar-refractivity contribution in [1.82, 2.24) is 6.15 Å². The summed E-state index contributed by atoms with van der Waals surface area (Å²) < 4.78 is 0. The number of carbonyl (C=O) groups excluding carboxylic acids is 2. The van der Waals surface area contributed by atoms with E-state index in [1.807, 2.05) is 0 Å². The summed E-state index contributed by atoms with van der Waals surface area (Å²) in [6.45, 7) is 1.08. The fourth-order valence-electron chi connectivity index (χ4n) is 0.246. The van der Waals surface area contributed by atoms with Gasteiger partial charge in [-0.3, -0.25) is 14.4 Å². The van der Waals surface area contributed by atoms with Crippen LogP contribution in [0.25, 0.3) is 0 Å². The highest BCUT2D eigenvalue weighted by molar-refractivity contribution is 5.81. The van der Waals surface area contributed by atoms with Crippen molar-refractivity contribution < 1.29 is 19.5 Å². The van der Waals surface area contributed by atoms with E-state index in [0.717, 1.165) is 6.92 Å². The lowest BCUT2D eigenvalue weighted by Crippen LogP contribution is -2.16. The maximum Gasteiger partial charge on any atom is 0.300 e. The van der Waals surface area contributed by atoms with Gasteiger partial charge in [-0.2, -0.15) is 0 Å². The third kappa shape index (κ3) is 64.0. The second-order valence-electron chi connectivity index (χ2n) is 1.95. The Labute approximate surface area is 75.7 Å². The summed E-state index contributed by atoms with van der Waals surface area (Å²) >= 11 is 0. The first-order valence-corrected chi connectivity index (χ1v) is 3.12. The summed E-state index contributed by atoms with van der Waals surface area (Å²) in [6.07, 6.45) is 0.102. The zero-order valence-corrected chi connectivity index (χ0v) is 7.45. The summed E-state index contributed by atoms with van der Waals surface area (Å²) in [5.74, 6) is -1.83. The summed E-state index contributed by atoms with van der Waals surface area (Å²) in [6, 6.07) is 0. The van der Waals surface area contributed by atoms with Gasteiger partial charge in [-0.25, -0.2) is 0 Å². The zero-order chi connectivity index (χ0) is 10.1. The molecule has 0 spiro atoms. The standard InChI is InChI=1S/C4H8N2O2.C2H4O2.H3N/c5-3(7)1-2-4(6)8;1-2(3)4;/h1-2H2,(H2,5,7)(H2,6,8);1H3,(H,3,4);1H3. The first kappa shape index (κ1) is 17.5. The van der Waals surface area contributed by atoms with Crippen LogP contribution in [0.5, 0.6) is 0 Å². The third-order valence-electron chi connectivity index (χ3n) is 0.618. The highest BCUT2D eigenvalue weighted by Gasteiger charge is 1.96. The maximum atomic E-state index is 9.92. The van der Waals surface area contributed by atoms with Gasteiger partial charge in [0.05, 0.1) is 0 Å². The fraction of sp³-hybridized carbons (Fsp3) is 0.500. The molecule has 0 heterocycles. The number of carboxylic acid groups (broad SMARTS) is 1. The van der Waals surface area contributed by atoms with Crippen LogP contribution >= 0.6 is 0 Å². The number of carbonyl (C=O) groups is 3. The highest BCUT2D eigenvalue weighted by Crippen LogP contribution is 1.82. The Bertz CT molecular complexity index is 163. The van der Waals surface area contributed by atoms with Gasteiger partial charge < -0.3 is 22.7 Å². The number of amides is 2. The quantitative estimate of drug-likeness (QED) is 0.451. The molecule has 13 heavy (non-hydrogen) atoms. The molecule has 0 bridgehead atoms. The van der Waals surface area contributed by atoms with E-state index in [4.69, 9.17) is 21.4 Å². The van der Waals surface area contributed by atoms with Crippen LogP contribution in [0.4, 0.5) is 0 Å². The van der Waals surface area contributed by atoms with Crippen LogP contribution in [0.3, 0.4) is 0 Å². The van der Waals surface area contributed by atoms with Crippen molar-refractivity contribution in [3.05, 3.63) is 0 Å². The van der Waals surface area contributed by atoms with E-state index >= 15 is 0 Å². The highest BCUT2D eigenvalue weighted by atomic mass is 16.4. The molecule has 0 aliphatic heterocycles. The average Bonchev–Trinajstić information content (AvgIpc) is 1.82. The number of primary amides is 2. The molecular weight excluding hydrogens is 178 g/mol. The molecule has 0 atom stereocenters. The Hall–Kier alpha value is -1.63. The van der Waals surface area contributed by atoms with Gasteiger partial charge in [0, 0.05) is 19.8 Å². The lowest BCUT2D eigenvalue weighted by atomic mass is 10.3. The number of carboxylic acids is 1. The SMILES string of the molecule is CC(=O)O.N.NC(=O)CCC(N)=O. The number of hydrogen-bond donors (Lipinski definition) is 4. The number of aliphatic carboxylic acids is 1. The second-order valence-corrected chi connectivity index (χ2v) is 1.95. The Morgan fingerprint density at radius 3 is 1.31 bits per heavy atom. The van der Waals surface area contributed by atoms with Crippen molar-refractivity contribution in [2.75, 3.05) is 0 Å². The van der Waals surface area contributed by atoms with Gasteiger partial charge in [0.15, 0.2) is 0 Å². The first-order valence-electron chi connectivity index (χ1n) is 3.12. The Morgan fingerprint density at radius 1 is 1.08 bits per heavy atom. The summed E-state index contributed by atoms with van der Waals surface area (Å²) in [7, 11) is 0. The lowest BCUT2D eigenvalue weighted by molar-refractivity contribution is -0.134. The largest absolute Gasteiger partial charge is 0.481 e.